The van der Waals surface area contributed by atoms with Gasteiger partial charge < -0.3 is 4.90 Å². The van der Waals surface area contributed by atoms with Gasteiger partial charge in [0.1, 0.15) is 0 Å². The fourth-order valence-corrected chi connectivity index (χ4v) is 3.62. The third-order valence-corrected chi connectivity index (χ3v) is 4.86. The number of piperidine rings is 2. The van der Waals surface area contributed by atoms with E-state index in [1.165, 1.54) is 45.2 Å². The molecule has 2 fully saturated rings. The molecule has 4 nitrogen and oxygen atoms in total. The molecule has 0 bridgehead atoms. The fraction of sp³-hybridized carbons (Fsp3) is 0.938. The zero-order valence-electron chi connectivity index (χ0n) is 13.3. The topological polar surface area (TPSA) is 26.8 Å². The lowest BCUT2D eigenvalue weighted by Crippen LogP contribution is -2.51. The molecule has 2 saturated heterocycles. The van der Waals surface area contributed by atoms with Crippen molar-refractivity contribution in [2.75, 3.05) is 45.8 Å². The Morgan fingerprint density at radius 1 is 1.05 bits per heavy atom. The van der Waals surface area contributed by atoms with E-state index in [0.29, 0.717) is 18.5 Å². The summed E-state index contributed by atoms with van der Waals surface area (Å²) in [4.78, 5) is 19.2. The molecular weight excluding hydrogens is 250 g/mol. The second kappa shape index (κ2) is 7.99. The van der Waals surface area contributed by atoms with Crippen LogP contribution < -0.4 is 0 Å². The minimum Gasteiger partial charge on any atom is -0.342 e. The minimum absolute atomic E-state index is 0.300. The summed E-state index contributed by atoms with van der Waals surface area (Å²) < 4.78 is 0. The number of carbonyl (C=O) groups is 1. The quantitative estimate of drug-likeness (QED) is 0.769. The van der Waals surface area contributed by atoms with Gasteiger partial charge in [-0.1, -0.05) is 6.42 Å². The van der Waals surface area contributed by atoms with Crippen LogP contribution >= 0.6 is 0 Å². The Hall–Kier alpha value is -0.610. The van der Waals surface area contributed by atoms with Gasteiger partial charge in [0, 0.05) is 25.7 Å². The monoisotopic (exact) mass is 281 g/mol. The molecule has 2 heterocycles. The molecule has 2 aliphatic heterocycles. The molecule has 0 radical (unpaired) electrons. The van der Waals surface area contributed by atoms with Gasteiger partial charge in [-0.2, -0.15) is 0 Å². The molecule has 1 amide bonds. The van der Waals surface area contributed by atoms with Crippen molar-refractivity contribution >= 4 is 5.91 Å². The average molecular weight is 281 g/mol. The van der Waals surface area contributed by atoms with Crippen molar-refractivity contribution in [2.24, 2.45) is 0 Å². The SMILES string of the molecule is CCN(CC)C(=O)CN1CCCC(N2CCCCC2)C1. The van der Waals surface area contributed by atoms with E-state index in [9.17, 15) is 4.79 Å². The second-order valence-corrected chi connectivity index (χ2v) is 6.19. The van der Waals surface area contributed by atoms with E-state index in [4.69, 9.17) is 0 Å². The molecule has 0 aromatic rings. The summed E-state index contributed by atoms with van der Waals surface area (Å²) in [7, 11) is 0. The van der Waals surface area contributed by atoms with Gasteiger partial charge in [-0.25, -0.2) is 0 Å². The molecule has 0 aromatic carbocycles. The molecule has 116 valence electrons. The van der Waals surface area contributed by atoms with Crippen LogP contribution in [0.4, 0.5) is 0 Å². The summed E-state index contributed by atoms with van der Waals surface area (Å²) in [5, 5.41) is 0. The van der Waals surface area contributed by atoms with Crippen LogP contribution in [0.25, 0.3) is 0 Å². The molecule has 1 unspecified atom stereocenters. The number of likely N-dealkylation sites (tertiary alicyclic amines) is 2. The summed E-state index contributed by atoms with van der Waals surface area (Å²) in [6, 6.07) is 0.688. The summed E-state index contributed by atoms with van der Waals surface area (Å²) in [5.74, 6) is 0.300. The van der Waals surface area contributed by atoms with Crippen LogP contribution in [0.5, 0.6) is 0 Å². The standard InChI is InChI=1S/C16H31N3O/c1-3-18(4-2)16(20)14-17-10-8-9-15(13-17)19-11-6-5-7-12-19/h15H,3-14H2,1-2H3. The number of hydrogen-bond donors (Lipinski definition) is 0. The molecule has 20 heavy (non-hydrogen) atoms. The number of amides is 1. The highest BCUT2D eigenvalue weighted by Crippen LogP contribution is 2.20. The molecule has 0 aliphatic carbocycles. The van der Waals surface area contributed by atoms with Crippen molar-refractivity contribution in [1.29, 1.82) is 0 Å². The molecule has 2 aliphatic rings. The largest absolute Gasteiger partial charge is 0.342 e. The van der Waals surface area contributed by atoms with Gasteiger partial charge in [0.05, 0.1) is 6.54 Å². The molecule has 0 saturated carbocycles. The van der Waals surface area contributed by atoms with Gasteiger partial charge >= 0.3 is 0 Å². The van der Waals surface area contributed by atoms with Crippen molar-refractivity contribution in [1.82, 2.24) is 14.7 Å². The van der Waals surface area contributed by atoms with Crippen molar-refractivity contribution in [2.45, 2.75) is 52.0 Å². The molecule has 0 N–H and O–H groups in total. The lowest BCUT2D eigenvalue weighted by atomic mass is 10.0. The third-order valence-electron chi connectivity index (χ3n) is 4.86. The Bertz CT molecular complexity index is 298. The Morgan fingerprint density at radius 2 is 1.75 bits per heavy atom. The van der Waals surface area contributed by atoms with Crippen LogP contribution in [0.15, 0.2) is 0 Å². The summed E-state index contributed by atoms with van der Waals surface area (Å²) >= 11 is 0. The summed E-state index contributed by atoms with van der Waals surface area (Å²) in [6.45, 7) is 11.1. The van der Waals surface area contributed by atoms with Crippen LogP contribution in [0.3, 0.4) is 0 Å². The zero-order chi connectivity index (χ0) is 14.4. The van der Waals surface area contributed by atoms with Crippen LogP contribution in [0.2, 0.25) is 0 Å². The van der Waals surface area contributed by atoms with Gasteiger partial charge in [-0.05, 0) is 59.2 Å². The van der Waals surface area contributed by atoms with Crippen LogP contribution in [0, 0.1) is 0 Å². The molecule has 2 rings (SSSR count). The lowest BCUT2D eigenvalue weighted by molar-refractivity contribution is -0.132. The first-order valence-electron chi connectivity index (χ1n) is 8.48. The van der Waals surface area contributed by atoms with E-state index < -0.39 is 0 Å². The average Bonchev–Trinajstić information content (AvgIpc) is 2.49. The highest BCUT2D eigenvalue weighted by atomic mass is 16.2. The van der Waals surface area contributed by atoms with Crippen LogP contribution in [0.1, 0.15) is 46.0 Å². The predicted octanol–water partition coefficient (Wildman–Crippen LogP) is 1.81. The second-order valence-electron chi connectivity index (χ2n) is 6.19. The first-order valence-corrected chi connectivity index (χ1v) is 8.48. The summed E-state index contributed by atoms with van der Waals surface area (Å²) in [6.07, 6.45) is 6.67. The Morgan fingerprint density at radius 3 is 2.40 bits per heavy atom. The predicted molar refractivity (Wildman–Crippen MR) is 82.8 cm³/mol. The minimum atomic E-state index is 0.300. The lowest BCUT2D eigenvalue weighted by Gasteiger charge is -2.41. The van der Waals surface area contributed by atoms with Gasteiger partial charge in [0.2, 0.25) is 5.91 Å². The molecule has 4 heteroatoms. The maximum absolute atomic E-state index is 12.2. The van der Waals surface area contributed by atoms with Gasteiger partial charge in [-0.3, -0.25) is 14.6 Å². The molecule has 1 atom stereocenters. The van der Waals surface area contributed by atoms with E-state index >= 15 is 0 Å². The van der Waals surface area contributed by atoms with Gasteiger partial charge in [0.25, 0.3) is 0 Å². The van der Waals surface area contributed by atoms with Crippen molar-refractivity contribution < 1.29 is 4.79 Å². The highest BCUT2D eigenvalue weighted by Gasteiger charge is 2.27. The van der Waals surface area contributed by atoms with E-state index in [0.717, 1.165) is 26.2 Å². The van der Waals surface area contributed by atoms with Crippen molar-refractivity contribution in [3.63, 3.8) is 0 Å². The third kappa shape index (κ3) is 4.19. The van der Waals surface area contributed by atoms with E-state index in [1.54, 1.807) is 0 Å². The van der Waals surface area contributed by atoms with Gasteiger partial charge in [0.15, 0.2) is 0 Å². The zero-order valence-corrected chi connectivity index (χ0v) is 13.3. The van der Waals surface area contributed by atoms with E-state index in [2.05, 4.69) is 23.6 Å². The highest BCUT2D eigenvalue weighted by molar-refractivity contribution is 5.78. The molecular formula is C16H31N3O. The normalized spacial score (nSPS) is 25.6. The van der Waals surface area contributed by atoms with Crippen molar-refractivity contribution in [3.05, 3.63) is 0 Å². The van der Waals surface area contributed by atoms with E-state index in [1.807, 2.05) is 4.90 Å². The van der Waals surface area contributed by atoms with E-state index in [-0.39, 0.29) is 0 Å². The number of carbonyl (C=O) groups excluding carboxylic acids is 1. The number of hydrogen-bond acceptors (Lipinski definition) is 3. The Labute approximate surface area is 124 Å². The summed E-state index contributed by atoms with van der Waals surface area (Å²) in [5.41, 5.74) is 0. The van der Waals surface area contributed by atoms with Crippen LogP contribution in [-0.4, -0.2) is 72.5 Å². The number of rotatable bonds is 5. The fourth-order valence-electron chi connectivity index (χ4n) is 3.62. The number of likely N-dealkylation sites (N-methyl/N-ethyl adjacent to an activating group) is 1. The maximum atomic E-state index is 12.2. The maximum Gasteiger partial charge on any atom is 0.236 e. The Kier molecular flexibility index (Phi) is 6.30. The number of nitrogens with zero attached hydrogens (tertiary/aromatic N) is 3. The van der Waals surface area contributed by atoms with Gasteiger partial charge in [-0.15, -0.1) is 0 Å². The molecule has 0 aromatic heterocycles. The van der Waals surface area contributed by atoms with Crippen molar-refractivity contribution in [3.8, 4) is 0 Å². The first-order chi connectivity index (χ1) is 9.74. The smallest absolute Gasteiger partial charge is 0.236 e. The first kappa shape index (κ1) is 15.8. The Balaban J connectivity index is 1.82. The molecule has 0 spiro atoms. The van der Waals surface area contributed by atoms with Crippen LogP contribution in [-0.2, 0) is 4.79 Å².